The van der Waals surface area contributed by atoms with Crippen molar-refractivity contribution in [2.75, 3.05) is 31.6 Å². The average Bonchev–Trinajstić information content (AvgIpc) is 3.40. The van der Waals surface area contributed by atoms with Gasteiger partial charge in [0.25, 0.3) is 12.3 Å². The van der Waals surface area contributed by atoms with E-state index in [4.69, 9.17) is 0 Å². The van der Waals surface area contributed by atoms with Crippen molar-refractivity contribution in [3.8, 4) is 0 Å². The van der Waals surface area contributed by atoms with Crippen molar-refractivity contribution in [1.82, 2.24) is 24.8 Å². The zero-order valence-electron chi connectivity index (χ0n) is 20.9. The van der Waals surface area contributed by atoms with E-state index in [9.17, 15) is 23.1 Å². The Morgan fingerprint density at radius 3 is 2.65 bits per heavy atom. The van der Waals surface area contributed by atoms with Gasteiger partial charge in [0, 0.05) is 37.4 Å². The molecule has 2 fully saturated rings. The third kappa shape index (κ3) is 5.28. The van der Waals surface area contributed by atoms with Crippen LogP contribution in [0.15, 0.2) is 36.8 Å². The smallest absolute Gasteiger partial charge is 0.266 e. The number of carbonyl (C=O) groups is 1. The van der Waals surface area contributed by atoms with E-state index in [2.05, 4.69) is 32.2 Å². The molecular formula is C26H31F3N6O2. The quantitative estimate of drug-likeness (QED) is 0.475. The topological polar surface area (TPSA) is 86.0 Å². The van der Waals surface area contributed by atoms with Crippen molar-refractivity contribution in [3.63, 3.8) is 0 Å². The van der Waals surface area contributed by atoms with Gasteiger partial charge in [0.1, 0.15) is 12.1 Å². The number of hydrogen-bond acceptors (Lipinski definition) is 6. The highest BCUT2D eigenvalue weighted by Gasteiger charge is 2.42. The molecule has 1 saturated heterocycles. The molecule has 2 aromatic heterocycles. The maximum Gasteiger partial charge on any atom is 0.266 e. The fraction of sp³-hybridized carbons (Fsp3) is 0.500. The number of anilines is 1. The summed E-state index contributed by atoms with van der Waals surface area (Å²) in [5.41, 5.74) is 0.480. The van der Waals surface area contributed by atoms with E-state index in [1.807, 2.05) is 0 Å². The van der Waals surface area contributed by atoms with Crippen LogP contribution in [0.4, 0.5) is 18.9 Å². The van der Waals surface area contributed by atoms with Gasteiger partial charge < -0.3 is 20.2 Å². The number of alkyl halides is 2. The molecule has 0 radical (unpaired) electrons. The Labute approximate surface area is 213 Å². The van der Waals surface area contributed by atoms with Gasteiger partial charge in [0.2, 0.25) is 0 Å². The summed E-state index contributed by atoms with van der Waals surface area (Å²) < 4.78 is 42.4. The van der Waals surface area contributed by atoms with Gasteiger partial charge in [0.05, 0.1) is 28.5 Å². The van der Waals surface area contributed by atoms with Crippen LogP contribution in [0.5, 0.6) is 0 Å². The Morgan fingerprint density at radius 1 is 1.27 bits per heavy atom. The fourth-order valence-corrected chi connectivity index (χ4v) is 5.14. The number of benzene rings is 1. The predicted molar refractivity (Wildman–Crippen MR) is 132 cm³/mol. The Kier molecular flexibility index (Phi) is 6.84. The molecule has 2 N–H and O–H groups in total. The number of nitrogens with zero attached hydrogens (tertiary/aromatic N) is 5. The highest BCUT2D eigenvalue weighted by Crippen LogP contribution is 2.37. The van der Waals surface area contributed by atoms with Gasteiger partial charge in [-0.05, 0) is 45.7 Å². The molecule has 1 aliphatic carbocycles. The van der Waals surface area contributed by atoms with Crippen LogP contribution in [0.25, 0.3) is 5.65 Å². The molecule has 0 spiro atoms. The first-order chi connectivity index (χ1) is 17.6. The summed E-state index contributed by atoms with van der Waals surface area (Å²) in [7, 11) is 2.05. The number of piperidine rings is 1. The van der Waals surface area contributed by atoms with Crippen molar-refractivity contribution < 1.29 is 23.1 Å². The first-order valence-corrected chi connectivity index (χ1v) is 12.5. The lowest BCUT2D eigenvalue weighted by atomic mass is 10.0. The second kappa shape index (κ2) is 9.94. The number of likely N-dealkylation sites (N-methyl/N-ethyl adjacent to an activating group) is 1. The number of fused-ring (bicyclic) bond motifs is 1. The van der Waals surface area contributed by atoms with Crippen LogP contribution < -0.4 is 10.2 Å². The first-order valence-electron chi connectivity index (χ1n) is 12.5. The minimum Gasteiger partial charge on any atom is -0.389 e. The highest BCUT2D eigenvalue weighted by molar-refractivity contribution is 5.96. The second-order valence-electron chi connectivity index (χ2n) is 10.2. The average molecular weight is 517 g/mol. The maximum absolute atomic E-state index is 14.6. The van der Waals surface area contributed by atoms with E-state index in [1.165, 1.54) is 23.0 Å². The number of carbonyl (C=O) groups excluding carboxylic acids is 1. The lowest BCUT2D eigenvalue weighted by Gasteiger charge is -2.38. The molecule has 1 saturated carbocycles. The van der Waals surface area contributed by atoms with E-state index >= 15 is 0 Å². The highest BCUT2D eigenvalue weighted by atomic mass is 19.3. The summed E-state index contributed by atoms with van der Waals surface area (Å²) >= 11 is 0. The van der Waals surface area contributed by atoms with E-state index in [-0.39, 0.29) is 5.56 Å². The predicted octanol–water partition coefficient (Wildman–Crippen LogP) is 3.72. The maximum atomic E-state index is 14.6. The van der Waals surface area contributed by atoms with Gasteiger partial charge in [-0.25, -0.2) is 22.7 Å². The number of pyridine rings is 1. The van der Waals surface area contributed by atoms with Crippen molar-refractivity contribution in [2.24, 2.45) is 0 Å². The minimum absolute atomic E-state index is 0.00439. The molecule has 11 heteroatoms. The lowest BCUT2D eigenvalue weighted by Crippen LogP contribution is -2.46. The van der Waals surface area contributed by atoms with Crippen LogP contribution in [0.1, 0.15) is 66.6 Å². The second-order valence-corrected chi connectivity index (χ2v) is 10.2. The van der Waals surface area contributed by atoms with Crippen LogP contribution >= 0.6 is 0 Å². The van der Waals surface area contributed by atoms with Gasteiger partial charge >= 0.3 is 0 Å². The van der Waals surface area contributed by atoms with Gasteiger partial charge in [-0.15, -0.1) is 0 Å². The van der Waals surface area contributed by atoms with Crippen LogP contribution in [-0.4, -0.2) is 68.8 Å². The molecule has 198 valence electrons. The number of hydrogen-bond donors (Lipinski definition) is 2. The van der Waals surface area contributed by atoms with Crippen LogP contribution in [0.2, 0.25) is 0 Å². The molecular weight excluding hydrogens is 485 g/mol. The van der Waals surface area contributed by atoms with Gasteiger partial charge in [-0.1, -0.05) is 18.2 Å². The van der Waals surface area contributed by atoms with Crippen molar-refractivity contribution in [3.05, 3.63) is 59.3 Å². The molecule has 5 rings (SSSR count). The molecule has 3 heterocycles. The largest absolute Gasteiger partial charge is 0.389 e. The molecule has 1 aromatic carbocycles. The number of aromatic nitrogens is 3. The summed E-state index contributed by atoms with van der Waals surface area (Å²) in [6, 6.07) is 5.07. The fourth-order valence-electron chi connectivity index (χ4n) is 5.14. The van der Waals surface area contributed by atoms with Crippen LogP contribution in [0.3, 0.4) is 0 Å². The minimum atomic E-state index is -2.94. The monoisotopic (exact) mass is 516 g/mol. The number of rotatable bonds is 8. The molecule has 37 heavy (non-hydrogen) atoms. The number of amides is 1. The third-order valence-electron chi connectivity index (χ3n) is 7.53. The van der Waals surface area contributed by atoms with Crippen molar-refractivity contribution >= 4 is 17.2 Å². The van der Waals surface area contributed by atoms with Crippen LogP contribution in [0, 0.1) is 5.82 Å². The summed E-state index contributed by atoms with van der Waals surface area (Å²) in [4.78, 5) is 21.9. The molecule has 2 aliphatic rings. The number of aliphatic hydroxyl groups is 1. The third-order valence-corrected chi connectivity index (χ3v) is 7.53. The Bertz CT molecular complexity index is 1290. The van der Waals surface area contributed by atoms with Gasteiger partial charge in [-0.3, -0.25) is 4.79 Å². The Morgan fingerprint density at radius 2 is 1.97 bits per heavy atom. The molecule has 1 amide bonds. The normalized spacial score (nSPS) is 18.5. The summed E-state index contributed by atoms with van der Waals surface area (Å²) in [5.74, 6) is -1.49. The van der Waals surface area contributed by atoms with Crippen molar-refractivity contribution in [1.29, 1.82) is 0 Å². The summed E-state index contributed by atoms with van der Waals surface area (Å²) in [6.45, 7) is 3.74. The number of nitrogens with one attached hydrogen (secondary N) is 1. The summed E-state index contributed by atoms with van der Waals surface area (Å²) in [6.07, 6.45) is 3.56. The standard InChI is InChI=1S/C26H31F3N6O2/c1-16(19-4-3-5-20(22(19)27)23(28)29)32-25(36)17-12-21(24-30-15-31-35(24)13-17)34-10-6-18(7-11-34)33(2)14-26(37)8-9-26/h3-5,12-13,15-16,18,23,37H,6-11,14H2,1-2H3,(H,32,36)/t16-/m1/s1. The van der Waals surface area contributed by atoms with Gasteiger partial charge in [0.15, 0.2) is 5.65 Å². The van der Waals surface area contributed by atoms with E-state index < -0.39 is 35.4 Å². The van der Waals surface area contributed by atoms with E-state index in [0.717, 1.165) is 50.5 Å². The number of halogens is 3. The SMILES string of the molecule is C[C@@H](NC(=O)c1cc(N2CCC(N(C)CC3(O)CC3)CC2)c2ncnn2c1)c1cccc(C(F)F)c1F. The Balaban J connectivity index is 1.32. The molecule has 0 bridgehead atoms. The molecule has 0 unspecified atom stereocenters. The molecule has 3 aromatic rings. The van der Waals surface area contributed by atoms with Gasteiger partial charge in [-0.2, -0.15) is 5.10 Å². The Hall–Kier alpha value is -3.18. The van der Waals surface area contributed by atoms with Crippen LogP contribution in [-0.2, 0) is 0 Å². The molecule has 1 aliphatic heterocycles. The zero-order valence-corrected chi connectivity index (χ0v) is 20.9. The lowest BCUT2D eigenvalue weighted by molar-refractivity contribution is 0.0776. The first kappa shape index (κ1) is 25.5. The van der Waals surface area contributed by atoms with E-state index in [0.29, 0.717) is 23.8 Å². The molecule has 8 nitrogen and oxygen atoms in total. The molecule has 1 atom stereocenters. The van der Waals surface area contributed by atoms with Crippen molar-refractivity contribution in [2.45, 2.75) is 56.7 Å². The zero-order chi connectivity index (χ0) is 26.3. The van der Waals surface area contributed by atoms with E-state index in [1.54, 1.807) is 19.2 Å². The summed E-state index contributed by atoms with van der Waals surface area (Å²) in [5, 5.41) is 17.2.